The summed E-state index contributed by atoms with van der Waals surface area (Å²) in [6.07, 6.45) is 4.99. The zero-order valence-corrected chi connectivity index (χ0v) is 13.1. The Bertz CT molecular complexity index is 690. The van der Waals surface area contributed by atoms with Crippen LogP contribution >= 0.6 is 0 Å². The number of nitrogens with zero attached hydrogens (tertiary/aromatic N) is 4. The Balaban J connectivity index is 2.03. The van der Waals surface area contributed by atoms with Crippen molar-refractivity contribution in [3.05, 3.63) is 36.3 Å². The Labute approximate surface area is 135 Å². The molecule has 1 saturated heterocycles. The lowest BCUT2D eigenvalue weighted by atomic mass is 10.0. The molecule has 1 N–H and O–H groups in total. The molecular formula is C17H20N4O2. The highest BCUT2D eigenvalue weighted by atomic mass is 16.4. The Morgan fingerprint density at radius 2 is 2.17 bits per heavy atom. The first-order valence-electron chi connectivity index (χ1n) is 7.98. The summed E-state index contributed by atoms with van der Waals surface area (Å²) in [7, 11) is 0. The van der Waals surface area contributed by atoms with Crippen LogP contribution < -0.4 is 4.90 Å². The molecule has 1 atom stereocenters. The van der Waals surface area contributed by atoms with Gasteiger partial charge in [-0.2, -0.15) is 0 Å². The Kier molecular flexibility index (Phi) is 4.50. The first kappa shape index (κ1) is 15.4. The molecule has 2 aromatic heterocycles. The van der Waals surface area contributed by atoms with Crippen LogP contribution in [0.15, 0.2) is 30.5 Å². The van der Waals surface area contributed by atoms with Gasteiger partial charge in [0.2, 0.25) is 0 Å². The van der Waals surface area contributed by atoms with E-state index in [2.05, 4.69) is 15.0 Å². The minimum absolute atomic E-state index is 0.514. The molecule has 1 fully saturated rings. The number of rotatable bonds is 4. The van der Waals surface area contributed by atoms with Gasteiger partial charge in [-0.05, 0) is 31.4 Å². The molecule has 6 nitrogen and oxygen atoms in total. The van der Waals surface area contributed by atoms with Crippen LogP contribution in [0.1, 0.15) is 32.0 Å². The molecule has 0 aromatic carbocycles. The summed E-state index contributed by atoms with van der Waals surface area (Å²) >= 11 is 0. The number of hydrogen-bond donors (Lipinski definition) is 1. The molecule has 1 aliphatic heterocycles. The molecule has 0 bridgehead atoms. The van der Waals surface area contributed by atoms with E-state index in [4.69, 9.17) is 0 Å². The number of hydrogen-bond acceptors (Lipinski definition) is 5. The summed E-state index contributed by atoms with van der Waals surface area (Å²) in [5.41, 5.74) is 1.51. The van der Waals surface area contributed by atoms with Crippen molar-refractivity contribution in [3.63, 3.8) is 0 Å². The second kappa shape index (κ2) is 6.73. The van der Waals surface area contributed by atoms with Crippen molar-refractivity contribution in [2.24, 2.45) is 0 Å². The van der Waals surface area contributed by atoms with Crippen molar-refractivity contribution in [2.75, 3.05) is 11.4 Å². The molecule has 0 saturated carbocycles. The minimum atomic E-state index is -0.791. The number of aromatic nitrogens is 3. The topological polar surface area (TPSA) is 79.2 Å². The van der Waals surface area contributed by atoms with Gasteiger partial charge >= 0.3 is 5.97 Å². The molecule has 0 spiro atoms. The van der Waals surface area contributed by atoms with Crippen LogP contribution in [0, 0.1) is 0 Å². The molecule has 0 aliphatic carbocycles. The van der Waals surface area contributed by atoms with Gasteiger partial charge in [0, 0.05) is 25.2 Å². The quantitative estimate of drug-likeness (QED) is 0.934. The van der Waals surface area contributed by atoms with Crippen molar-refractivity contribution in [3.8, 4) is 11.4 Å². The van der Waals surface area contributed by atoms with Gasteiger partial charge in [0.25, 0.3) is 0 Å². The fraction of sp³-hybridized carbons (Fsp3) is 0.412. The molecular weight excluding hydrogens is 292 g/mol. The lowest BCUT2D eigenvalue weighted by Gasteiger charge is -2.34. The van der Waals surface area contributed by atoms with Crippen molar-refractivity contribution in [1.29, 1.82) is 0 Å². The van der Waals surface area contributed by atoms with E-state index >= 15 is 0 Å². The molecule has 3 rings (SSSR count). The molecule has 3 heterocycles. The number of carbonyl (C=O) groups is 1. The molecule has 1 aliphatic rings. The standard InChI is InChI=1S/C17H20N4O2/c1-2-15-19-13(12-7-3-5-9-18-12)11-16(20-15)21-10-6-4-8-14(21)17(22)23/h3,5,7,9,11,14H,2,4,6,8,10H2,1H3,(H,22,23). The van der Waals surface area contributed by atoms with Crippen molar-refractivity contribution < 1.29 is 9.90 Å². The lowest BCUT2D eigenvalue weighted by molar-refractivity contribution is -0.139. The summed E-state index contributed by atoms with van der Waals surface area (Å²) in [6, 6.07) is 7.01. The molecule has 0 amide bonds. The van der Waals surface area contributed by atoms with Gasteiger partial charge in [0.1, 0.15) is 17.7 Å². The van der Waals surface area contributed by atoms with Crippen molar-refractivity contribution >= 4 is 11.8 Å². The number of aliphatic carboxylic acids is 1. The average molecular weight is 312 g/mol. The lowest BCUT2D eigenvalue weighted by Crippen LogP contribution is -2.45. The highest BCUT2D eigenvalue weighted by Gasteiger charge is 2.30. The van der Waals surface area contributed by atoms with Gasteiger partial charge in [-0.15, -0.1) is 0 Å². The van der Waals surface area contributed by atoms with E-state index in [9.17, 15) is 9.90 Å². The van der Waals surface area contributed by atoms with Crippen molar-refractivity contribution in [2.45, 2.75) is 38.6 Å². The Morgan fingerprint density at radius 1 is 1.30 bits per heavy atom. The van der Waals surface area contributed by atoms with Crippen LogP contribution in [0.5, 0.6) is 0 Å². The minimum Gasteiger partial charge on any atom is -0.480 e. The fourth-order valence-corrected chi connectivity index (χ4v) is 2.90. The number of anilines is 1. The maximum atomic E-state index is 11.6. The fourth-order valence-electron chi connectivity index (χ4n) is 2.90. The maximum absolute atomic E-state index is 11.6. The average Bonchev–Trinajstić information content (AvgIpc) is 2.62. The van der Waals surface area contributed by atoms with Gasteiger partial charge in [0.05, 0.1) is 11.4 Å². The second-order valence-corrected chi connectivity index (χ2v) is 5.64. The predicted molar refractivity (Wildman–Crippen MR) is 87.3 cm³/mol. The van der Waals surface area contributed by atoms with E-state index < -0.39 is 12.0 Å². The van der Waals surface area contributed by atoms with Gasteiger partial charge in [0.15, 0.2) is 0 Å². The van der Waals surface area contributed by atoms with Crippen LogP contribution in [0.3, 0.4) is 0 Å². The third-order valence-electron chi connectivity index (χ3n) is 4.08. The van der Waals surface area contributed by atoms with Crippen LogP contribution in [0.2, 0.25) is 0 Å². The maximum Gasteiger partial charge on any atom is 0.326 e. The summed E-state index contributed by atoms with van der Waals surface area (Å²) in [5, 5.41) is 9.49. The van der Waals surface area contributed by atoms with E-state index in [0.29, 0.717) is 31.0 Å². The Hall–Kier alpha value is -2.50. The van der Waals surface area contributed by atoms with Gasteiger partial charge < -0.3 is 10.0 Å². The monoisotopic (exact) mass is 312 g/mol. The number of piperidine rings is 1. The van der Waals surface area contributed by atoms with E-state index in [1.807, 2.05) is 36.1 Å². The number of pyridine rings is 1. The summed E-state index contributed by atoms with van der Waals surface area (Å²) in [4.78, 5) is 26.9. The van der Waals surface area contributed by atoms with Crippen LogP contribution in [-0.2, 0) is 11.2 Å². The number of carboxylic acids is 1. The second-order valence-electron chi connectivity index (χ2n) is 5.64. The SMILES string of the molecule is CCc1nc(-c2ccccn2)cc(N2CCCCC2C(=O)O)n1. The van der Waals surface area contributed by atoms with E-state index in [1.54, 1.807) is 6.20 Å². The van der Waals surface area contributed by atoms with E-state index in [1.165, 1.54) is 0 Å². The molecule has 2 aromatic rings. The predicted octanol–water partition coefficient (Wildman–Crippen LogP) is 2.54. The first-order chi connectivity index (χ1) is 11.2. The van der Waals surface area contributed by atoms with Crippen molar-refractivity contribution in [1.82, 2.24) is 15.0 Å². The largest absolute Gasteiger partial charge is 0.480 e. The number of carboxylic acid groups (broad SMARTS) is 1. The van der Waals surface area contributed by atoms with Crippen LogP contribution in [0.4, 0.5) is 5.82 Å². The van der Waals surface area contributed by atoms with E-state index in [-0.39, 0.29) is 0 Å². The zero-order valence-electron chi connectivity index (χ0n) is 13.1. The highest BCUT2D eigenvalue weighted by Crippen LogP contribution is 2.26. The molecule has 1 unspecified atom stereocenters. The van der Waals surface area contributed by atoms with Gasteiger partial charge in [-0.3, -0.25) is 4.98 Å². The molecule has 23 heavy (non-hydrogen) atoms. The van der Waals surface area contributed by atoms with Crippen LogP contribution in [0.25, 0.3) is 11.4 Å². The highest BCUT2D eigenvalue weighted by molar-refractivity contribution is 5.78. The molecule has 6 heteroatoms. The summed E-state index contributed by atoms with van der Waals surface area (Å²) in [5.74, 6) is 0.600. The zero-order chi connectivity index (χ0) is 16.2. The normalized spacial score (nSPS) is 18.0. The number of aryl methyl sites for hydroxylation is 1. The Morgan fingerprint density at radius 3 is 2.87 bits per heavy atom. The van der Waals surface area contributed by atoms with Gasteiger partial charge in [-0.25, -0.2) is 14.8 Å². The van der Waals surface area contributed by atoms with Gasteiger partial charge in [-0.1, -0.05) is 13.0 Å². The summed E-state index contributed by atoms with van der Waals surface area (Å²) in [6.45, 7) is 2.70. The smallest absolute Gasteiger partial charge is 0.326 e. The third kappa shape index (κ3) is 3.31. The van der Waals surface area contributed by atoms with Crippen LogP contribution in [-0.4, -0.2) is 38.6 Å². The molecule has 0 radical (unpaired) electrons. The first-order valence-corrected chi connectivity index (χ1v) is 7.98. The summed E-state index contributed by atoms with van der Waals surface area (Å²) < 4.78 is 0. The van der Waals surface area contributed by atoms with E-state index in [0.717, 1.165) is 24.2 Å². The third-order valence-corrected chi connectivity index (χ3v) is 4.08. The molecule has 120 valence electrons.